The van der Waals surface area contributed by atoms with Crippen LogP contribution in [0, 0.1) is 11.6 Å². The number of carbonyl (C=O) groups is 1. The summed E-state index contributed by atoms with van der Waals surface area (Å²) in [4.78, 5) is 16.0. The van der Waals surface area contributed by atoms with Gasteiger partial charge in [0.1, 0.15) is 11.6 Å². The molecule has 1 aromatic heterocycles. The van der Waals surface area contributed by atoms with Gasteiger partial charge in [-0.25, -0.2) is 13.8 Å². The van der Waals surface area contributed by atoms with Crippen LogP contribution in [0.25, 0.3) is 11.3 Å². The summed E-state index contributed by atoms with van der Waals surface area (Å²) in [7, 11) is 0. The van der Waals surface area contributed by atoms with Crippen molar-refractivity contribution in [2.24, 2.45) is 0 Å². The third-order valence-corrected chi connectivity index (χ3v) is 3.79. The predicted molar refractivity (Wildman–Crippen MR) is 90.3 cm³/mol. The van der Waals surface area contributed by atoms with Gasteiger partial charge in [-0.1, -0.05) is 23.7 Å². The van der Waals surface area contributed by atoms with Crippen LogP contribution < -0.4 is 5.32 Å². The Bertz CT molecular complexity index is 912. The summed E-state index contributed by atoms with van der Waals surface area (Å²) >= 11 is 5.97. The van der Waals surface area contributed by atoms with Crippen molar-refractivity contribution in [3.05, 3.63) is 71.2 Å². The number of nitrogens with one attached hydrogen (secondary N) is 1. The van der Waals surface area contributed by atoms with Crippen molar-refractivity contribution in [1.29, 1.82) is 0 Å². The molecule has 4 nitrogen and oxygen atoms in total. The predicted octanol–water partition coefficient (Wildman–Crippen LogP) is 4.84. The van der Waals surface area contributed by atoms with Crippen LogP contribution in [0.5, 0.6) is 0 Å². The summed E-state index contributed by atoms with van der Waals surface area (Å²) in [6, 6.07) is 10.1. The Morgan fingerprint density at radius 3 is 2.76 bits per heavy atom. The number of aryl methyl sites for hydroxylation is 1. The number of para-hydroxylation sites is 1. The maximum atomic E-state index is 13.7. The summed E-state index contributed by atoms with van der Waals surface area (Å²) in [6.07, 6.45) is 1.70. The van der Waals surface area contributed by atoms with E-state index in [1.165, 1.54) is 12.3 Å². The molecule has 0 saturated heterocycles. The SMILES string of the molecule is O=C(CCc1ncc(-c2ccc(F)cc2F)o1)Nc1ccccc1Cl. The lowest BCUT2D eigenvalue weighted by Gasteiger charge is -2.05. The van der Waals surface area contributed by atoms with Crippen LogP contribution in [0.2, 0.25) is 5.02 Å². The Kier molecular flexibility index (Phi) is 5.09. The minimum Gasteiger partial charge on any atom is -0.441 e. The third kappa shape index (κ3) is 4.22. The molecule has 0 spiro atoms. The molecule has 0 fully saturated rings. The fourth-order valence-electron chi connectivity index (χ4n) is 2.24. The van der Waals surface area contributed by atoms with Gasteiger partial charge in [0.25, 0.3) is 0 Å². The molecule has 3 rings (SSSR count). The Morgan fingerprint density at radius 1 is 1.20 bits per heavy atom. The molecule has 1 N–H and O–H groups in total. The number of carbonyl (C=O) groups excluding carboxylic acids is 1. The molecule has 1 heterocycles. The molecule has 0 aliphatic rings. The Balaban J connectivity index is 1.62. The topological polar surface area (TPSA) is 55.1 Å². The molecule has 0 radical (unpaired) electrons. The molecule has 128 valence electrons. The number of anilines is 1. The van der Waals surface area contributed by atoms with Crippen LogP contribution in [0.3, 0.4) is 0 Å². The first-order chi connectivity index (χ1) is 12.0. The molecular formula is C18H13ClF2N2O2. The lowest BCUT2D eigenvalue weighted by atomic mass is 10.2. The van der Waals surface area contributed by atoms with Crippen molar-refractivity contribution in [3.8, 4) is 11.3 Å². The molecule has 3 aromatic rings. The van der Waals surface area contributed by atoms with E-state index in [1.54, 1.807) is 24.3 Å². The molecule has 0 aliphatic heterocycles. The maximum absolute atomic E-state index is 13.7. The molecule has 1 amide bonds. The average molecular weight is 363 g/mol. The highest BCUT2D eigenvalue weighted by Gasteiger charge is 2.13. The number of oxazole rings is 1. The van der Waals surface area contributed by atoms with Crippen molar-refractivity contribution in [2.45, 2.75) is 12.8 Å². The van der Waals surface area contributed by atoms with Crippen LogP contribution in [0.1, 0.15) is 12.3 Å². The van der Waals surface area contributed by atoms with E-state index in [9.17, 15) is 13.6 Å². The second-order valence-corrected chi connectivity index (χ2v) is 5.68. The normalized spacial score (nSPS) is 10.7. The summed E-state index contributed by atoms with van der Waals surface area (Å²) in [6.45, 7) is 0. The fourth-order valence-corrected chi connectivity index (χ4v) is 2.42. The van der Waals surface area contributed by atoms with Gasteiger partial charge in [0.2, 0.25) is 5.91 Å². The van der Waals surface area contributed by atoms with Gasteiger partial charge in [-0.3, -0.25) is 4.79 Å². The summed E-state index contributed by atoms with van der Waals surface area (Å²) < 4.78 is 32.1. The lowest BCUT2D eigenvalue weighted by molar-refractivity contribution is -0.116. The van der Waals surface area contributed by atoms with Crippen molar-refractivity contribution >= 4 is 23.2 Å². The zero-order valence-corrected chi connectivity index (χ0v) is 13.7. The van der Waals surface area contributed by atoms with Crippen LogP contribution in [-0.4, -0.2) is 10.9 Å². The smallest absolute Gasteiger partial charge is 0.224 e. The van der Waals surface area contributed by atoms with Gasteiger partial charge in [0.05, 0.1) is 22.5 Å². The monoisotopic (exact) mass is 362 g/mol. The van der Waals surface area contributed by atoms with E-state index >= 15 is 0 Å². The van der Waals surface area contributed by atoms with Crippen LogP contribution >= 0.6 is 11.6 Å². The molecular weight excluding hydrogens is 350 g/mol. The minimum absolute atomic E-state index is 0.112. The van der Waals surface area contributed by atoms with Crippen molar-refractivity contribution in [1.82, 2.24) is 4.98 Å². The Labute approximate surface area is 147 Å². The van der Waals surface area contributed by atoms with Crippen LogP contribution in [-0.2, 0) is 11.2 Å². The first kappa shape index (κ1) is 17.1. The molecule has 0 saturated carbocycles. The highest BCUT2D eigenvalue weighted by Crippen LogP contribution is 2.25. The van der Waals surface area contributed by atoms with Crippen LogP contribution in [0.4, 0.5) is 14.5 Å². The molecule has 0 unspecified atom stereocenters. The molecule has 0 bridgehead atoms. The number of amides is 1. The molecule has 7 heteroatoms. The van der Waals surface area contributed by atoms with Gasteiger partial charge in [-0.15, -0.1) is 0 Å². The lowest BCUT2D eigenvalue weighted by Crippen LogP contribution is -2.12. The summed E-state index contributed by atoms with van der Waals surface area (Å²) in [5.41, 5.74) is 0.635. The van der Waals surface area contributed by atoms with Gasteiger partial charge in [-0.05, 0) is 24.3 Å². The number of hydrogen-bond donors (Lipinski definition) is 1. The first-order valence-electron chi connectivity index (χ1n) is 7.47. The zero-order chi connectivity index (χ0) is 17.8. The van der Waals surface area contributed by atoms with Gasteiger partial charge >= 0.3 is 0 Å². The van der Waals surface area contributed by atoms with E-state index in [1.807, 2.05) is 0 Å². The maximum Gasteiger partial charge on any atom is 0.224 e. The van der Waals surface area contributed by atoms with E-state index in [0.717, 1.165) is 12.1 Å². The van der Waals surface area contributed by atoms with E-state index in [-0.39, 0.29) is 36.0 Å². The van der Waals surface area contributed by atoms with E-state index in [2.05, 4.69) is 10.3 Å². The van der Waals surface area contributed by atoms with E-state index in [0.29, 0.717) is 10.7 Å². The highest BCUT2D eigenvalue weighted by molar-refractivity contribution is 6.33. The second-order valence-electron chi connectivity index (χ2n) is 5.27. The molecule has 0 atom stereocenters. The van der Waals surface area contributed by atoms with Gasteiger partial charge < -0.3 is 9.73 Å². The minimum atomic E-state index is -0.737. The Hall–Kier alpha value is -2.73. The molecule has 2 aromatic carbocycles. The molecule has 0 aliphatic carbocycles. The fraction of sp³-hybridized carbons (Fsp3) is 0.111. The molecule has 25 heavy (non-hydrogen) atoms. The van der Waals surface area contributed by atoms with Gasteiger partial charge in [0, 0.05) is 18.9 Å². The number of hydrogen-bond acceptors (Lipinski definition) is 3. The Morgan fingerprint density at radius 2 is 2.00 bits per heavy atom. The quantitative estimate of drug-likeness (QED) is 0.706. The van der Waals surface area contributed by atoms with E-state index < -0.39 is 11.6 Å². The number of nitrogens with zero attached hydrogens (tertiary/aromatic N) is 1. The van der Waals surface area contributed by atoms with Crippen molar-refractivity contribution < 1.29 is 18.0 Å². The number of halogens is 3. The largest absolute Gasteiger partial charge is 0.441 e. The van der Waals surface area contributed by atoms with Crippen molar-refractivity contribution in [3.63, 3.8) is 0 Å². The van der Waals surface area contributed by atoms with Gasteiger partial charge in [-0.2, -0.15) is 0 Å². The number of benzene rings is 2. The van der Waals surface area contributed by atoms with E-state index in [4.69, 9.17) is 16.0 Å². The first-order valence-corrected chi connectivity index (χ1v) is 7.85. The van der Waals surface area contributed by atoms with Gasteiger partial charge in [0.15, 0.2) is 11.7 Å². The van der Waals surface area contributed by atoms with Crippen LogP contribution in [0.15, 0.2) is 53.1 Å². The third-order valence-electron chi connectivity index (χ3n) is 3.46. The average Bonchev–Trinajstić information content (AvgIpc) is 3.04. The number of aromatic nitrogens is 1. The number of rotatable bonds is 5. The summed E-state index contributed by atoms with van der Waals surface area (Å²) in [5.74, 6) is -1.19. The highest BCUT2D eigenvalue weighted by atomic mass is 35.5. The van der Waals surface area contributed by atoms with Crippen molar-refractivity contribution in [2.75, 3.05) is 5.32 Å². The standard InChI is InChI=1S/C18H13ClF2N2O2/c19-13-3-1-2-4-15(13)23-17(24)7-8-18-22-10-16(25-18)12-6-5-11(20)9-14(12)21/h1-6,9-10H,7-8H2,(H,23,24). The summed E-state index contributed by atoms with van der Waals surface area (Å²) in [5, 5.41) is 3.14. The second kappa shape index (κ2) is 7.44. The zero-order valence-electron chi connectivity index (χ0n) is 12.9.